The van der Waals surface area contributed by atoms with Gasteiger partial charge in [-0.05, 0) is 54.4 Å². The summed E-state index contributed by atoms with van der Waals surface area (Å²) in [5.74, 6) is -4.60. The fourth-order valence-electron chi connectivity index (χ4n) is 3.73. The number of pyridine rings is 1. The van der Waals surface area contributed by atoms with Gasteiger partial charge in [-0.2, -0.15) is 4.98 Å². The van der Waals surface area contributed by atoms with E-state index in [2.05, 4.69) is 25.6 Å². The van der Waals surface area contributed by atoms with Gasteiger partial charge in [0, 0.05) is 18.9 Å². The first-order valence-corrected chi connectivity index (χ1v) is 11.7. The molecule has 5 aromatic rings. The molecular weight excluding hydrogens is 507 g/mol. The third-order valence-corrected chi connectivity index (χ3v) is 6.47. The molecule has 0 radical (unpaired) electrons. The minimum absolute atomic E-state index is 0.0486. The lowest BCUT2D eigenvalue weighted by Crippen LogP contribution is -2.41. The minimum atomic E-state index is -1.62. The number of nitrogens with one attached hydrogen (secondary N) is 2. The van der Waals surface area contributed by atoms with Gasteiger partial charge in [0.15, 0.2) is 22.6 Å². The standard InChI is InChI=1S/C24H18F3N7O2S/c1-12-5-15(10-29-9-12)34-23(35)32-21(30-14-3-4-18-19(8-14)37-22(28-2)31-18)33(24(34)36)11-13-6-16(25)20(27)17(26)7-13/h3-10H,11H2,1-2H3,(H,28,31)(H,30,32,35). The molecule has 0 saturated heterocycles. The second kappa shape index (κ2) is 9.50. The third-order valence-electron chi connectivity index (χ3n) is 5.43. The van der Waals surface area contributed by atoms with E-state index in [0.29, 0.717) is 16.4 Å². The van der Waals surface area contributed by atoms with E-state index in [0.717, 1.165) is 31.5 Å². The van der Waals surface area contributed by atoms with Gasteiger partial charge in [0.1, 0.15) is 0 Å². The summed E-state index contributed by atoms with van der Waals surface area (Å²) in [4.78, 5) is 39.0. The molecule has 37 heavy (non-hydrogen) atoms. The number of halogens is 3. The number of fused-ring (bicyclic) bond motifs is 1. The number of anilines is 3. The molecule has 9 nitrogen and oxygen atoms in total. The van der Waals surface area contributed by atoms with Gasteiger partial charge in [-0.25, -0.2) is 32.3 Å². The van der Waals surface area contributed by atoms with Crippen molar-refractivity contribution in [1.82, 2.24) is 24.1 Å². The Hall–Kier alpha value is -4.52. The van der Waals surface area contributed by atoms with E-state index in [4.69, 9.17) is 0 Å². The maximum absolute atomic E-state index is 13.9. The van der Waals surface area contributed by atoms with Crippen LogP contribution in [0.1, 0.15) is 11.1 Å². The van der Waals surface area contributed by atoms with Gasteiger partial charge in [0.2, 0.25) is 5.95 Å². The highest BCUT2D eigenvalue weighted by molar-refractivity contribution is 7.22. The van der Waals surface area contributed by atoms with Crippen LogP contribution >= 0.6 is 11.3 Å². The zero-order chi connectivity index (χ0) is 26.3. The highest BCUT2D eigenvalue weighted by Crippen LogP contribution is 2.29. The molecule has 0 fully saturated rings. The molecule has 2 aromatic carbocycles. The summed E-state index contributed by atoms with van der Waals surface area (Å²) in [5.41, 5.74) is 0.326. The third kappa shape index (κ3) is 4.68. The van der Waals surface area contributed by atoms with Crippen LogP contribution in [0.15, 0.2) is 58.4 Å². The quantitative estimate of drug-likeness (QED) is 0.323. The Morgan fingerprint density at radius 2 is 1.76 bits per heavy atom. The molecule has 2 N–H and O–H groups in total. The molecule has 0 aliphatic rings. The Balaban J connectivity index is 1.66. The molecule has 188 valence electrons. The van der Waals surface area contributed by atoms with Gasteiger partial charge in [0.25, 0.3) is 0 Å². The number of benzene rings is 2. The minimum Gasteiger partial charge on any atom is -0.365 e. The van der Waals surface area contributed by atoms with Crippen molar-refractivity contribution in [2.45, 2.75) is 13.5 Å². The van der Waals surface area contributed by atoms with E-state index in [-0.39, 0.29) is 17.2 Å². The molecule has 0 amide bonds. The number of hydrogen-bond donors (Lipinski definition) is 2. The average molecular weight is 526 g/mol. The van der Waals surface area contributed by atoms with Crippen LogP contribution in [0, 0.1) is 24.4 Å². The molecule has 0 bridgehead atoms. The van der Waals surface area contributed by atoms with Crippen LogP contribution in [0.3, 0.4) is 0 Å². The van der Waals surface area contributed by atoms with Crippen LogP contribution in [-0.4, -0.2) is 31.1 Å². The average Bonchev–Trinajstić information content (AvgIpc) is 3.27. The van der Waals surface area contributed by atoms with Crippen molar-refractivity contribution < 1.29 is 13.2 Å². The molecule has 5 rings (SSSR count). The van der Waals surface area contributed by atoms with Crippen LogP contribution in [0.4, 0.5) is 29.9 Å². The fourth-order valence-corrected chi connectivity index (χ4v) is 4.59. The van der Waals surface area contributed by atoms with E-state index >= 15 is 0 Å². The van der Waals surface area contributed by atoms with Gasteiger partial charge in [-0.1, -0.05) is 11.3 Å². The lowest BCUT2D eigenvalue weighted by molar-refractivity contribution is 0.444. The molecule has 0 saturated carbocycles. The molecule has 0 unspecified atom stereocenters. The second-order valence-corrected chi connectivity index (χ2v) is 9.12. The van der Waals surface area contributed by atoms with Gasteiger partial charge in [-0.3, -0.25) is 9.55 Å². The fraction of sp³-hybridized carbons (Fsp3) is 0.125. The maximum atomic E-state index is 13.9. The van der Waals surface area contributed by atoms with Crippen molar-refractivity contribution in [3.05, 3.63) is 98.3 Å². The van der Waals surface area contributed by atoms with Crippen molar-refractivity contribution >= 4 is 38.3 Å². The summed E-state index contributed by atoms with van der Waals surface area (Å²) in [5, 5.41) is 6.62. The second-order valence-electron chi connectivity index (χ2n) is 8.09. The SMILES string of the molecule is CNc1nc2ccc(Nc3nc(=O)n(-c4cncc(C)c4)c(=O)n3Cc3cc(F)c(F)c(F)c3)cc2s1. The normalized spacial score (nSPS) is 11.2. The smallest absolute Gasteiger partial charge is 0.359 e. The summed E-state index contributed by atoms with van der Waals surface area (Å²) in [6.07, 6.45) is 2.87. The Bertz CT molecular complexity index is 1760. The van der Waals surface area contributed by atoms with Crippen molar-refractivity contribution in [2.75, 3.05) is 17.7 Å². The molecule has 0 aliphatic carbocycles. The van der Waals surface area contributed by atoms with Crippen LogP contribution in [0.5, 0.6) is 0 Å². The Morgan fingerprint density at radius 1 is 1.00 bits per heavy atom. The lowest BCUT2D eigenvalue weighted by atomic mass is 10.2. The first-order chi connectivity index (χ1) is 17.7. The lowest BCUT2D eigenvalue weighted by Gasteiger charge is -2.16. The monoisotopic (exact) mass is 525 g/mol. The van der Waals surface area contributed by atoms with Gasteiger partial charge >= 0.3 is 11.4 Å². The molecule has 3 aromatic heterocycles. The Labute approximate surface area is 210 Å². The van der Waals surface area contributed by atoms with Gasteiger partial charge in [0.05, 0.1) is 28.6 Å². The number of aromatic nitrogens is 5. The molecule has 0 atom stereocenters. The summed E-state index contributed by atoms with van der Waals surface area (Å²) in [6, 6.07) is 8.33. The first-order valence-electron chi connectivity index (χ1n) is 10.9. The number of nitrogens with zero attached hydrogens (tertiary/aromatic N) is 5. The maximum Gasteiger partial charge on any atom is 0.359 e. The highest BCUT2D eigenvalue weighted by atomic mass is 32.1. The largest absolute Gasteiger partial charge is 0.365 e. The van der Waals surface area contributed by atoms with Crippen LogP contribution in [0.2, 0.25) is 0 Å². The summed E-state index contributed by atoms with van der Waals surface area (Å²) >= 11 is 1.40. The van der Waals surface area contributed by atoms with E-state index in [9.17, 15) is 22.8 Å². The number of rotatable bonds is 6. The zero-order valence-corrected chi connectivity index (χ0v) is 20.2. The van der Waals surface area contributed by atoms with Crippen molar-refractivity contribution in [3.63, 3.8) is 0 Å². The van der Waals surface area contributed by atoms with E-state index in [1.807, 2.05) is 0 Å². The van der Waals surface area contributed by atoms with E-state index in [1.165, 1.54) is 17.5 Å². The molecule has 0 aliphatic heterocycles. The molecule has 3 heterocycles. The van der Waals surface area contributed by atoms with Crippen LogP contribution in [-0.2, 0) is 6.54 Å². The van der Waals surface area contributed by atoms with E-state index in [1.54, 1.807) is 44.4 Å². The predicted molar refractivity (Wildman–Crippen MR) is 134 cm³/mol. The van der Waals surface area contributed by atoms with Gasteiger partial charge < -0.3 is 10.6 Å². The topological polar surface area (TPSA) is 107 Å². The predicted octanol–water partition coefficient (Wildman–Crippen LogP) is 3.96. The molecule has 0 spiro atoms. The van der Waals surface area contributed by atoms with Crippen LogP contribution < -0.4 is 22.0 Å². The Morgan fingerprint density at radius 3 is 2.46 bits per heavy atom. The Kier molecular flexibility index (Phi) is 6.21. The number of hydrogen-bond acceptors (Lipinski definition) is 8. The van der Waals surface area contributed by atoms with E-state index < -0.39 is 35.4 Å². The van der Waals surface area contributed by atoms with Gasteiger partial charge in [-0.15, -0.1) is 0 Å². The summed E-state index contributed by atoms with van der Waals surface area (Å²) in [6.45, 7) is 1.33. The summed E-state index contributed by atoms with van der Waals surface area (Å²) < 4.78 is 44.0. The summed E-state index contributed by atoms with van der Waals surface area (Å²) in [7, 11) is 1.75. The number of thiazole rings is 1. The first kappa shape index (κ1) is 24.2. The molecule has 13 heteroatoms. The highest BCUT2D eigenvalue weighted by Gasteiger charge is 2.18. The number of aryl methyl sites for hydroxylation is 1. The molecular formula is C24H18F3N7O2S. The van der Waals surface area contributed by atoms with Crippen molar-refractivity contribution in [3.8, 4) is 5.69 Å². The van der Waals surface area contributed by atoms with Crippen molar-refractivity contribution in [1.29, 1.82) is 0 Å². The van der Waals surface area contributed by atoms with Crippen molar-refractivity contribution in [2.24, 2.45) is 0 Å². The van der Waals surface area contributed by atoms with Crippen LogP contribution in [0.25, 0.3) is 15.9 Å². The zero-order valence-electron chi connectivity index (χ0n) is 19.4.